The fraction of sp³-hybridized carbons (Fsp3) is 0.400. The highest BCUT2D eigenvalue weighted by atomic mass is 35.5. The zero-order valence-corrected chi connectivity index (χ0v) is 12.5. The Balaban J connectivity index is 3.16. The first-order valence-electron chi connectivity index (χ1n) is 5.09. The molecule has 0 aromatic heterocycles. The number of benzene rings is 1. The van der Waals surface area contributed by atoms with Crippen LogP contribution in [0.1, 0.15) is 13.3 Å². The molecule has 0 aliphatic carbocycles. The number of halogens is 3. The van der Waals surface area contributed by atoms with Gasteiger partial charge in [0.1, 0.15) is 4.90 Å². The van der Waals surface area contributed by atoms with Gasteiger partial charge in [-0.1, -0.05) is 41.7 Å². The van der Waals surface area contributed by atoms with Crippen LogP contribution in [0.5, 0.6) is 0 Å². The Bertz CT molecular complexity index is 529. The summed E-state index contributed by atoms with van der Waals surface area (Å²) in [6.07, 6.45) is 0.453. The van der Waals surface area contributed by atoms with Crippen molar-refractivity contribution >= 4 is 44.8 Å². The molecule has 8 heteroatoms. The highest BCUT2D eigenvalue weighted by Crippen LogP contribution is 2.31. The molecule has 0 amide bonds. The van der Waals surface area contributed by atoms with E-state index in [0.717, 1.165) is 0 Å². The summed E-state index contributed by atoms with van der Waals surface area (Å²) in [5, 5.41) is 9.25. The summed E-state index contributed by atoms with van der Waals surface area (Å²) >= 11 is 17.3. The number of aliphatic hydroxyl groups excluding tert-OH is 1. The minimum atomic E-state index is -3.84. The molecule has 2 N–H and O–H groups in total. The Labute approximate surface area is 121 Å². The van der Waals surface area contributed by atoms with E-state index in [1.165, 1.54) is 12.1 Å². The summed E-state index contributed by atoms with van der Waals surface area (Å²) in [6, 6.07) is 1.87. The van der Waals surface area contributed by atoms with Crippen molar-refractivity contribution in [2.24, 2.45) is 0 Å². The van der Waals surface area contributed by atoms with Gasteiger partial charge in [-0.25, -0.2) is 13.1 Å². The first-order valence-corrected chi connectivity index (χ1v) is 7.71. The standard InChI is InChI=1S/C10H12Cl3NO3S/c1-2-6(5-15)14-18(16,17)10-4-8(12)7(11)3-9(10)13/h3-4,6,14-15H,2,5H2,1H3/t6-/m1/s1. The minimum absolute atomic E-state index is 0.0234. The Morgan fingerprint density at radius 1 is 1.22 bits per heavy atom. The third kappa shape index (κ3) is 3.73. The van der Waals surface area contributed by atoms with Gasteiger partial charge in [-0.15, -0.1) is 0 Å². The average molecular weight is 333 g/mol. The topological polar surface area (TPSA) is 66.4 Å². The predicted octanol–water partition coefficient (Wildman–Crippen LogP) is 2.70. The van der Waals surface area contributed by atoms with Crippen LogP contribution < -0.4 is 4.72 Å². The van der Waals surface area contributed by atoms with Crippen molar-refractivity contribution in [1.82, 2.24) is 4.72 Å². The van der Waals surface area contributed by atoms with E-state index < -0.39 is 16.1 Å². The van der Waals surface area contributed by atoms with Gasteiger partial charge in [0.2, 0.25) is 10.0 Å². The zero-order valence-electron chi connectivity index (χ0n) is 9.45. The molecule has 1 rings (SSSR count). The largest absolute Gasteiger partial charge is 0.395 e. The summed E-state index contributed by atoms with van der Waals surface area (Å²) in [5.41, 5.74) is 0. The number of sulfonamides is 1. The van der Waals surface area contributed by atoms with Crippen LogP contribution in [0.4, 0.5) is 0 Å². The van der Waals surface area contributed by atoms with Crippen molar-refractivity contribution in [3.8, 4) is 0 Å². The second-order valence-corrected chi connectivity index (χ2v) is 6.51. The molecule has 0 aliphatic heterocycles. The highest BCUT2D eigenvalue weighted by Gasteiger charge is 2.22. The predicted molar refractivity (Wildman–Crippen MR) is 73.0 cm³/mol. The molecule has 102 valence electrons. The summed E-state index contributed by atoms with van der Waals surface area (Å²) in [4.78, 5) is -0.162. The second-order valence-electron chi connectivity index (χ2n) is 3.61. The molecule has 0 saturated carbocycles. The smallest absolute Gasteiger partial charge is 0.242 e. The molecule has 0 fully saturated rings. The number of nitrogens with one attached hydrogen (secondary N) is 1. The molecule has 0 bridgehead atoms. The van der Waals surface area contributed by atoms with Gasteiger partial charge >= 0.3 is 0 Å². The van der Waals surface area contributed by atoms with E-state index in [1.807, 2.05) is 0 Å². The van der Waals surface area contributed by atoms with Crippen molar-refractivity contribution < 1.29 is 13.5 Å². The first-order chi connectivity index (χ1) is 8.31. The van der Waals surface area contributed by atoms with Gasteiger partial charge in [0, 0.05) is 6.04 Å². The van der Waals surface area contributed by atoms with E-state index in [9.17, 15) is 8.42 Å². The lowest BCUT2D eigenvalue weighted by Crippen LogP contribution is -2.37. The van der Waals surface area contributed by atoms with Crippen molar-refractivity contribution in [1.29, 1.82) is 0 Å². The van der Waals surface area contributed by atoms with E-state index in [-0.39, 0.29) is 26.6 Å². The highest BCUT2D eigenvalue weighted by molar-refractivity contribution is 7.89. The van der Waals surface area contributed by atoms with Gasteiger partial charge in [0.15, 0.2) is 0 Å². The molecule has 1 aromatic rings. The van der Waals surface area contributed by atoms with E-state index in [4.69, 9.17) is 39.9 Å². The van der Waals surface area contributed by atoms with Gasteiger partial charge < -0.3 is 5.11 Å². The fourth-order valence-electron chi connectivity index (χ4n) is 1.24. The van der Waals surface area contributed by atoms with E-state index in [2.05, 4.69) is 4.72 Å². The van der Waals surface area contributed by atoms with Crippen LogP contribution in [0.3, 0.4) is 0 Å². The second kappa shape index (κ2) is 6.41. The molecule has 1 aromatic carbocycles. The molecular weight excluding hydrogens is 321 g/mol. The fourth-order valence-corrected chi connectivity index (χ4v) is 3.55. The first kappa shape index (κ1) is 16.0. The quantitative estimate of drug-likeness (QED) is 0.815. The van der Waals surface area contributed by atoms with Crippen LogP contribution in [0, 0.1) is 0 Å². The summed E-state index contributed by atoms with van der Waals surface area (Å²) in [5.74, 6) is 0. The molecular formula is C10H12Cl3NO3S. The number of hydrogen-bond donors (Lipinski definition) is 2. The van der Waals surface area contributed by atoms with E-state index in [0.29, 0.717) is 6.42 Å². The average Bonchev–Trinajstić information content (AvgIpc) is 2.30. The third-order valence-corrected chi connectivity index (χ3v) is 5.01. The molecule has 0 aliphatic rings. The van der Waals surface area contributed by atoms with E-state index >= 15 is 0 Å². The molecule has 0 saturated heterocycles. The molecule has 0 radical (unpaired) electrons. The number of rotatable bonds is 5. The Morgan fingerprint density at radius 2 is 1.78 bits per heavy atom. The van der Waals surface area contributed by atoms with Crippen molar-refractivity contribution in [2.75, 3.05) is 6.61 Å². The van der Waals surface area contributed by atoms with Crippen LogP contribution in [0.25, 0.3) is 0 Å². The van der Waals surface area contributed by atoms with Crippen molar-refractivity contribution in [2.45, 2.75) is 24.3 Å². The van der Waals surface area contributed by atoms with Gasteiger partial charge in [-0.3, -0.25) is 0 Å². The molecule has 1 atom stereocenters. The Morgan fingerprint density at radius 3 is 2.28 bits per heavy atom. The van der Waals surface area contributed by atoms with Gasteiger partial charge in [-0.2, -0.15) is 0 Å². The normalized spacial score (nSPS) is 13.6. The van der Waals surface area contributed by atoms with Crippen LogP contribution in [-0.4, -0.2) is 26.2 Å². The maximum atomic E-state index is 12.0. The Hall–Kier alpha value is -0.0400. The SMILES string of the molecule is CC[C@H](CO)NS(=O)(=O)c1cc(Cl)c(Cl)cc1Cl. The summed E-state index contributed by atoms with van der Waals surface area (Å²) < 4.78 is 26.4. The monoisotopic (exact) mass is 331 g/mol. The number of hydrogen-bond acceptors (Lipinski definition) is 3. The van der Waals surface area contributed by atoms with Crippen LogP contribution >= 0.6 is 34.8 Å². The molecule has 0 heterocycles. The number of aliphatic hydroxyl groups is 1. The molecule has 0 unspecified atom stereocenters. The lowest BCUT2D eigenvalue weighted by atomic mass is 10.3. The Kier molecular flexibility index (Phi) is 5.70. The maximum Gasteiger partial charge on any atom is 0.242 e. The molecule has 4 nitrogen and oxygen atoms in total. The van der Waals surface area contributed by atoms with Gasteiger partial charge in [0.25, 0.3) is 0 Å². The minimum Gasteiger partial charge on any atom is -0.395 e. The van der Waals surface area contributed by atoms with Crippen LogP contribution in [-0.2, 0) is 10.0 Å². The molecule has 0 spiro atoms. The summed E-state index contributed by atoms with van der Waals surface area (Å²) in [6.45, 7) is 1.45. The lowest BCUT2D eigenvalue weighted by molar-refractivity contribution is 0.254. The zero-order chi connectivity index (χ0) is 13.9. The van der Waals surface area contributed by atoms with E-state index in [1.54, 1.807) is 6.92 Å². The van der Waals surface area contributed by atoms with Gasteiger partial charge in [0.05, 0.1) is 21.7 Å². The van der Waals surface area contributed by atoms with Crippen LogP contribution in [0.15, 0.2) is 17.0 Å². The van der Waals surface area contributed by atoms with Crippen molar-refractivity contribution in [3.05, 3.63) is 27.2 Å². The van der Waals surface area contributed by atoms with Gasteiger partial charge in [-0.05, 0) is 18.6 Å². The van der Waals surface area contributed by atoms with Crippen LogP contribution in [0.2, 0.25) is 15.1 Å². The van der Waals surface area contributed by atoms with Crippen molar-refractivity contribution in [3.63, 3.8) is 0 Å². The molecule has 18 heavy (non-hydrogen) atoms. The third-order valence-electron chi connectivity index (χ3n) is 2.30. The maximum absolute atomic E-state index is 12.0. The lowest BCUT2D eigenvalue weighted by Gasteiger charge is -2.15. The summed E-state index contributed by atoms with van der Waals surface area (Å²) in [7, 11) is -3.84.